The van der Waals surface area contributed by atoms with Crippen LogP contribution in [0.1, 0.15) is 38.5 Å². The Morgan fingerprint density at radius 3 is 2.50 bits per heavy atom. The van der Waals surface area contributed by atoms with Gasteiger partial charge < -0.3 is 4.74 Å². The molecule has 0 aromatic carbocycles. The lowest BCUT2D eigenvalue weighted by molar-refractivity contribution is 0.221. The predicted octanol–water partition coefficient (Wildman–Crippen LogP) is 2.25. The summed E-state index contributed by atoms with van der Waals surface area (Å²) in [5.41, 5.74) is -0.0145. The van der Waals surface area contributed by atoms with E-state index in [-0.39, 0.29) is 5.41 Å². The number of nitriles is 1. The fourth-order valence-electron chi connectivity index (χ4n) is 2.21. The van der Waals surface area contributed by atoms with E-state index in [9.17, 15) is 0 Å². The molecule has 12 heavy (non-hydrogen) atoms. The average Bonchev–Trinajstić information content (AvgIpc) is 2.90. The molecule has 1 aliphatic carbocycles. The molecule has 0 aromatic heterocycles. The van der Waals surface area contributed by atoms with E-state index in [1.807, 2.05) is 0 Å². The molecule has 1 atom stereocenters. The van der Waals surface area contributed by atoms with Gasteiger partial charge >= 0.3 is 0 Å². The van der Waals surface area contributed by atoms with Crippen LogP contribution in [0.15, 0.2) is 0 Å². The second kappa shape index (κ2) is 3.06. The van der Waals surface area contributed by atoms with Crippen LogP contribution in [0.25, 0.3) is 0 Å². The number of ether oxygens (including phenoxy) is 1. The van der Waals surface area contributed by atoms with Crippen LogP contribution in [-0.4, -0.2) is 12.7 Å². The summed E-state index contributed by atoms with van der Waals surface area (Å²) in [5, 5.41) is 9.11. The maximum absolute atomic E-state index is 9.11. The van der Waals surface area contributed by atoms with Crippen molar-refractivity contribution >= 4 is 0 Å². The first-order chi connectivity index (χ1) is 5.85. The highest BCUT2D eigenvalue weighted by Gasteiger charge is 2.38. The fraction of sp³-hybridized carbons (Fsp3) is 0.900. The number of hydrogen-bond acceptors (Lipinski definition) is 2. The van der Waals surface area contributed by atoms with Gasteiger partial charge in [0.15, 0.2) is 0 Å². The molecule has 2 aliphatic rings. The SMILES string of the molecule is N#CC1(C[C@@H]2CO2)CCCCC1. The lowest BCUT2D eigenvalue weighted by Gasteiger charge is -2.29. The van der Waals surface area contributed by atoms with E-state index < -0.39 is 0 Å². The summed E-state index contributed by atoms with van der Waals surface area (Å²) in [7, 11) is 0. The quantitative estimate of drug-likeness (QED) is 0.588. The fourth-order valence-corrected chi connectivity index (χ4v) is 2.21. The van der Waals surface area contributed by atoms with E-state index >= 15 is 0 Å². The minimum absolute atomic E-state index is 0.0145. The Morgan fingerprint density at radius 2 is 2.00 bits per heavy atom. The third-order valence-electron chi connectivity index (χ3n) is 3.07. The lowest BCUT2D eigenvalue weighted by Crippen LogP contribution is -2.24. The van der Waals surface area contributed by atoms with Gasteiger partial charge in [-0.05, 0) is 19.3 Å². The van der Waals surface area contributed by atoms with Crippen LogP contribution in [-0.2, 0) is 4.74 Å². The zero-order valence-electron chi connectivity index (χ0n) is 7.38. The van der Waals surface area contributed by atoms with Gasteiger partial charge in [-0.15, -0.1) is 0 Å². The van der Waals surface area contributed by atoms with Crippen LogP contribution in [0.4, 0.5) is 0 Å². The molecule has 2 heteroatoms. The van der Waals surface area contributed by atoms with Crippen LogP contribution in [0.3, 0.4) is 0 Å². The van der Waals surface area contributed by atoms with Gasteiger partial charge in [-0.1, -0.05) is 19.3 Å². The van der Waals surface area contributed by atoms with Crippen molar-refractivity contribution < 1.29 is 4.74 Å². The van der Waals surface area contributed by atoms with Gasteiger partial charge in [0.05, 0.1) is 24.2 Å². The van der Waals surface area contributed by atoms with Crippen LogP contribution < -0.4 is 0 Å². The Balaban J connectivity index is 1.96. The zero-order valence-corrected chi connectivity index (χ0v) is 7.38. The van der Waals surface area contributed by atoms with Gasteiger partial charge in [0, 0.05) is 0 Å². The molecular weight excluding hydrogens is 150 g/mol. The van der Waals surface area contributed by atoms with E-state index in [1.165, 1.54) is 19.3 Å². The third kappa shape index (κ3) is 1.61. The summed E-state index contributed by atoms with van der Waals surface area (Å²) in [4.78, 5) is 0. The molecule has 1 saturated heterocycles. The maximum atomic E-state index is 9.11. The smallest absolute Gasteiger partial charge is 0.0825 e. The normalized spacial score (nSPS) is 32.4. The zero-order chi connectivity index (χ0) is 8.44. The van der Waals surface area contributed by atoms with Crippen molar-refractivity contribution in [3.63, 3.8) is 0 Å². The van der Waals surface area contributed by atoms with Crippen molar-refractivity contribution in [1.82, 2.24) is 0 Å². The predicted molar refractivity (Wildman–Crippen MR) is 45.5 cm³/mol. The molecule has 1 heterocycles. The maximum Gasteiger partial charge on any atom is 0.0825 e. The average molecular weight is 165 g/mol. The van der Waals surface area contributed by atoms with Gasteiger partial charge in [-0.25, -0.2) is 0 Å². The van der Waals surface area contributed by atoms with Crippen molar-refractivity contribution in [2.24, 2.45) is 5.41 Å². The molecule has 2 rings (SSSR count). The molecule has 1 aliphatic heterocycles. The molecule has 0 aromatic rings. The van der Waals surface area contributed by atoms with E-state index in [2.05, 4.69) is 6.07 Å². The summed E-state index contributed by atoms with van der Waals surface area (Å²) in [5.74, 6) is 0. The van der Waals surface area contributed by atoms with Gasteiger partial charge in [-0.3, -0.25) is 0 Å². The number of hydrogen-bond donors (Lipinski definition) is 0. The van der Waals surface area contributed by atoms with E-state index in [0.29, 0.717) is 6.10 Å². The number of nitrogens with zero attached hydrogens (tertiary/aromatic N) is 1. The standard InChI is InChI=1S/C10H15NO/c11-8-10(6-9-7-12-9)4-2-1-3-5-10/h9H,1-7H2/t9-/m1/s1. The summed E-state index contributed by atoms with van der Waals surface area (Å²) in [6, 6.07) is 2.51. The summed E-state index contributed by atoms with van der Waals surface area (Å²) >= 11 is 0. The molecule has 0 amide bonds. The second-order valence-corrected chi connectivity index (χ2v) is 4.11. The van der Waals surface area contributed by atoms with Gasteiger partial charge in [0.2, 0.25) is 0 Å². The molecule has 1 saturated carbocycles. The molecular formula is C10H15NO. The molecule has 0 unspecified atom stereocenters. The first-order valence-corrected chi connectivity index (χ1v) is 4.88. The van der Waals surface area contributed by atoms with Crippen LogP contribution in [0, 0.1) is 16.7 Å². The number of epoxide rings is 1. The molecule has 0 spiro atoms. The van der Waals surface area contributed by atoms with E-state index in [4.69, 9.17) is 10.00 Å². The summed E-state index contributed by atoms with van der Waals surface area (Å²) < 4.78 is 5.19. The highest BCUT2D eigenvalue weighted by Crippen LogP contribution is 2.41. The van der Waals surface area contributed by atoms with Crippen LogP contribution in [0.5, 0.6) is 0 Å². The lowest BCUT2D eigenvalue weighted by atomic mass is 9.72. The van der Waals surface area contributed by atoms with Crippen molar-refractivity contribution in [3.05, 3.63) is 0 Å². The molecule has 0 radical (unpaired) electrons. The highest BCUT2D eigenvalue weighted by molar-refractivity contribution is 5.03. The van der Waals surface area contributed by atoms with Gasteiger partial charge in [-0.2, -0.15) is 5.26 Å². The van der Waals surface area contributed by atoms with E-state index in [0.717, 1.165) is 25.9 Å². The minimum Gasteiger partial charge on any atom is -0.373 e. The molecule has 0 bridgehead atoms. The second-order valence-electron chi connectivity index (χ2n) is 4.11. The van der Waals surface area contributed by atoms with Gasteiger partial charge in [0.25, 0.3) is 0 Å². The topological polar surface area (TPSA) is 36.3 Å². The van der Waals surface area contributed by atoms with Crippen molar-refractivity contribution in [2.45, 2.75) is 44.6 Å². The Hall–Kier alpha value is -0.550. The Labute approximate surface area is 73.5 Å². The Morgan fingerprint density at radius 1 is 1.33 bits per heavy atom. The molecule has 66 valence electrons. The summed E-state index contributed by atoms with van der Waals surface area (Å²) in [6.07, 6.45) is 7.40. The molecule has 0 N–H and O–H groups in total. The van der Waals surface area contributed by atoms with Crippen LogP contribution >= 0.6 is 0 Å². The third-order valence-corrected chi connectivity index (χ3v) is 3.07. The molecule has 2 nitrogen and oxygen atoms in total. The van der Waals surface area contributed by atoms with Gasteiger partial charge in [0.1, 0.15) is 0 Å². The van der Waals surface area contributed by atoms with Crippen molar-refractivity contribution in [3.8, 4) is 6.07 Å². The monoisotopic (exact) mass is 165 g/mol. The summed E-state index contributed by atoms with van der Waals surface area (Å²) in [6.45, 7) is 0.892. The van der Waals surface area contributed by atoms with Crippen molar-refractivity contribution in [2.75, 3.05) is 6.61 Å². The first kappa shape index (κ1) is 8.07. The first-order valence-electron chi connectivity index (χ1n) is 4.88. The largest absolute Gasteiger partial charge is 0.373 e. The Bertz CT molecular complexity index is 196. The van der Waals surface area contributed by atoms with Crippen LogP contribution in [0.2, 0.25) is 0 Å². The van der Waals surface area contributed by atoms with Crippen molar-refractivity contribution in [1.29, 1.82) is 5.26 Å². The molecule has 2 fully saturated rings. The minimum atomic E-state index is -0.0145. The highest BCUT2D eigenvalue weighted by atomic mass is 16.6. The Kier molecular flexibility index (Phi) is 2.06. The van der Waals surface area contributed by atoms with E-state index in [1.54, 1.807) is 0 Å². The number of rotatable bonds is 2.